The highest BCUT2D eigenvalue weighted by Crippen LogP contribution is 2.23. The molecule has 5 heteroatoms. The van der Waals surface area contributed by atoms with Crippen molar-refractivity contribution in [3.05, 3.63) is 57.9 Å². The molecule has 3 aromatic rings. The van der Waals surface area contributed by atoms with Gasteiger partial charge in [-0.15, -0.1) is 11.3 Å². The minimum absolute atomic E-state index is 0.606. The van der Waals surface area contributed by atoms with Crippen molar-refractivity contribution in [2.75, 3.05) is 13.2 Å². The Labute approximate surface area is 132 Å². The summed E-state index contributed by atoms with van der Waals surface area (Å²) in [6, 6.07) is 13.9. The van der Waals surface area contributed by atoms with Gasteiger partial charge in [-0.3, -0.25) is 4.98 Å². The molecule has 0 atom stereocenters. The summed E-state index contributed by atoms with van der Waals surface area (Å²) in [5.74, 6) is 0.828. The molecule has 0 saturated heterocycles. The molecular weight excluding hydrogens is 304 g/mol. The van der Waals surface area contributed by atoms with Crippen molar-refractivity contribution in [2.24, 2.45) is 0 Å². The predicted octanol–water partition coefficient (Wildman–Crippen LogP) is 4.12. The number of ether oxygens (including phenoxy) is 1. The summed E-state index contributed by atoms with van der Waals surface area (Å²) in [4.78, 5) is 5.60. The van der Waals surface area contributed by atoms with E-state index in [1.54, 1.807) is 17.5 Å². The van der Waals surface area contributed by atoms with Gasteiger partial charge < -0.3 is 10.1 Å². The molecule has 0 amide bonds. The second kappa shape index (κ2) is 6.89. The Hall–Kier alpha value is -1.62. The van der Waals surface area contributed by atoms with Crippen LogP contribution in [0.25, 0.3) is 10.9 Å². The lowest BCUT2D eigenvalue weighted by molar-refractivity contribution is 0.317. The highest BCUT2D eigenvalue weighted by molar-refractivity contribution is 7.16. The van der Waals surface area contributed by atoms with E-state index >= 15 is 0 Å². The number of nitrogens with one attached hydrogen (secondary N) is 1. The Balaban J connectivity index is 1.50. The number of fused-ring (bicyclic) bond motifs is 1. The molecule has 0 spiro atoms. The second-order valence-corrected chi connectivity index (χ2v) is 6.36. The van der Waals surface area contributed by atoms with Gasteiger partial charge in [-0.25, -0.2) is 0 Å². The Morgan fingerprint density at radius 1 is 1.14 bits per heavy atom. The summed E-state index contributed by atoms with van der Waals surface area (Å²) in [7, 11) is 0. The van der Waals surface area contributed by atoms with E-state index in [0.717, 1.165) is 34.1 Å². The Kier molecular flexibility index (Phi) is 4.70. The van der Waals surface area contributed by atoms with Crippen LogP contribution in [0.4, 0.5) is 0 Å². The highest BCUT2D eigenvalue weighted by Gasteiger charge is 2.02. The fourth-order valence-electron chi connectivity index (χ4n) is 2.08. The smallest absolute Gasteiger partial charge is 0.145 e. The topological polar surface area (TPSA) is 34.1 Å². The molecule has 0 aliphatic heterocycles. The van der Waals surface area contributed by atoms with Crippen molar-refractivity contribution in [3.8, 4) is 5.75 Å². The molecule has 3 rings (SSSR count). The van der Waals surface area contributed by atoms with E-state index < -0.39 is 0 Å². The van der Waals surface area contributed by atoms with Crippen molar-refractivity contribution in [3.63, 3.8) is 0 Å². The summed E-state index contributed by atoms with van der Waals surface area (Å²) in [6.45, 7) is 2.20. The first-order valence-electron chi connectivity index (χ1n) is 6.74. The van der Waals surface area contributed by atoms with E-state index in [2.05, 4.69) is 10.3 Å². The van der Waals surface area contributed by atoms with Crippen molar-refractivity contribution < 1.29 is 4.74 Å². The van der Waals surface area contributed by atoms with Crippen LogP contribution in [0.15, 0.2) is 48.7 Å². The van der Waals surface area contributed by atoms with E-state index in [0.29, 0.717) is 6.61 Å². The van der Waals surface area contributed by atoms with Gasteiger partial charge in [0.15, 0.2) is 0 Å². The van der Waals surface area contributed by atoms with Crippen molar-refractivity contribution >= 4 is 33.8 Å². The minimum Gasteiger partial charge on any atom is -0.490 e. The third kappa shape index (κ3) is 3.73. The van der Waals surface area contributed by atoms with Crippen LogP contribution in [0, 0.1) is 0 Å². The third-order valence-corrected chi connectivity index (χ3v) is 4.29. The van der Waals surface area contributed by atoms with Gasteiger partial charge in [0, 0.05) is 29.5 Å². The zero-order valence-electron chi connectivity index (χ0n) is 11.4. The third-order valence-electron chi connectivity index (χ3n) is 3.06. The monoisotopic (exact) mass is 318 g/mol. The van der Waals surface area contributed by atoms with E-state index in [1.807, 2.05) is 42.5 Å². The standard InChI is InChI=1S/C16H15ClN2OS/c17-15-7-6-13(21-15)11-18-9-10-20-14-5-1-3-12-4-2-8-19-16(12)14/h1-8,18H,9-11H2. The number of para-hydroxylation sites is 1. The Morgan fingerprint density at radius 2 is 2.05 bits per heavy atom. The predicted molar refractivity (Wildman–Crippen MR) is 88.3 cm³/mol. The lowest BCUT2D eigenvalue weighted by Crippen LogP contribution is -2.20. The number of nitrogens with zero attached hydrogens (tertiary/aromatic N) is 1. The maximum absolute atomic E-state index is 5.90. The molecule has 2 heterocycles. The van der Waals surface area contributed by atoms with Gasteiger partial charge in [0.25, 0.3) is 0 Å². The number of pyridine rings is 1. The van der Waals surface area contributed by atoms with Crippen LogP contribution in [-0.2, 0) is 6.54 Å². The molecule has 0 aliphatic rings. The molecule has 1 aromatic carbocycles. The minimum atomic E-state index is 0.606. The fraction of sp³-hybridized carbons (Fsp3) is 0.188. The molecular formula is C16H15ClN2OS. The first kappa shape index (κ1) is 14.3. The van der Waals surface area contributed by atoms with Crippen molar-refractivity contribution in [1.82, 2.24) is 10.3 Å². The Bertz CT molecular complexity index is 724. The number of hydrogen-bond acceptors (Lipinski definition) is 4. The zero-order chi connectivity index (χ0) is 14.5. The van der Waals surface area contributed by atoms with Crippen LogP contribution in [0.3, 0.4) is 0 Å². The fourth-order valence-corrected chi connectivity index (χ4v) is 3.14. The van der Waals surface area contributed by atoms with Crippen molar-refractivity contribution in [1.29, 1.82) is 0 Å². The molecule has 2 aromatic heterocycles. The summed E-state index contributed by atoms with van der Waals surface area (Å²) >= 11 is 7.49. The SMILES string of the molecule is Clc1ccc(CNCCOc2cccc3cccnc23)s1. The van der Waals surface area contributed by atoms with E-state index in [4.69, 9.17) is 16.3 Å². The average molecular weight is 319 g/mol. The lowest BCUT2D eigenvalue weighted by Gasteiger charge is -2.09. The van der Waals surface area contributed by atoms with E-state index in [9.17, 15) is 0 Å². The molecule has 0 aliphatic carbocycles. The van der Waals surface area contributed by atoms with Gasteiger partial charge in [0.1, 0.15) is 17.9 Å². The maximum Gasteiger partial charge on any atom is 0.145 e. The Morgan fingerprint density at radius 3 is 2.90 bits per heavy atom. The second-order valence-electron chi connectivity index (χ2n) is 4.56. The quantitative estimate of drug-likeness (QED) is 0.694. The van der Waals surface area contributed by atoms with Crippen LogP contribution in [0.5, 0.6) is 5.75 Å². The molecule has 0 unspecified atom stereocenters. The van der Waals surface area contributed by atoms with Crippen LogP contribution < -0.4 is 10.1 Å². The normalized spacial score (nSPS) is 10.9. The van der Waals surface area contributed by atoms with Gasteiger partial charge in [-0.1, -0.05) is 29.8 Å². The summed E-state index contributed by atoms with van der Waals surface area (Å²) in [5.41, 5.74) is 0.907. The van der Waals surface area contributed by atoms with Crippen LogP contribution in [0.1, 0.15) is 4.88 Å². The van der Waals surface area contributed by atoms with Crippen LogP contribution in [0.2, 0.25) is 4.34 Å². The van der Waals surface area contributed by atoms with Gasteiger partial charge in [0.05, 0.1) is 4.34 Å². The van der Waals surface area contributed by atoms with Gasteiger partial charge in [-0.2, -0.15) is 0 Å². The van der Waals surface area contributed by atoms with Crippen molar-refractivity contribution in [2.45, 2.75) is 6.54 Å². The van der Waals surface area contributed by atoms with E-state index in [-0.39, 0.29) is 0 Å². The summed E-state index contributed by atoms with van der Waals surface area (Å²) in [6.07, 6.45) is 1.79. The zero-order valence-corrected chi connectivity index (χ0v) is 13.0. The summed E-state index contributed by atoms with van der Waals surface area (Å²) in [5, 5.41) is 4.43. The van der Waals surface area contributed by atoms with E-state index in [1.165, 1.54) is 4.88 Å². The highest BCUT2D eigenvalue weighted by atomic mass is 35.5. The maximum atomic E-state index is 5.90. The molecule has 0 fully saturated rings. The molecule has 0 radical (unpaired) electrons. The molecule has 1 N–H and O–H groups in total. The largest absolute Gasteiger partial charge is 0.490 e. The lowest BCUT2D eigenvalue weighted by atomic mass is 10.2. The first-order valence-corrected chi connectivity index (χ1v) is 7.94. The van der Waals surface area contributed by atoms with Gasteiger partial charge in [-0.05, 0) is 24.3 Å². The van der Waals surface area contributed by atoms with Gasteiger partial charge >= 0.3 is 0 Å². The summed E-state index contributed by atoms with van der Waals surface area (Å²) < 4.78 is 6.64. The number of aromatic nitrogens is 1. The molecule has 0 saturated carbocycles. The van der Waals surface area contributed by atoms with Crippen LogP contribution >= 0.6 is 22.9 Å². The number of benzene rings is 1. The first-order chi connectivity index (χ1) is 10.3. The molecule has 108 valence electrons. The molecule has 3 nitrogen and oxygen atoms in total. The number of rotatable bonds is 6. The number of hydrogen-bond donors (Lipinski definition) is 1. The average Bonchev–Trinajstić information content (AvgIpc) is 2.92. The number of halogens is 1. The molecule has 21 heavy (non-hydrogen) atoms. The molecule has 0 bridgehead atoms. The van der Waals surface area contributed by atoms with Crippen LogP contribution in [-0.4, -0.2) is 18.1 Å². The van der Waals surface area contributed by atoms with Gasteiger partial charge in [0.2, 0.25) is 0 Å². The number of thiophene rings is 1.